The molecule has 0 fully saturated rings. The van der Waals surface area contributed by atoms with E-state index in [0.717, 1.165) is 0 Å². The highest BCUT2D eigenvalue weighted by molar-refractivity contribution is 5.97. The smallest absolute Gasteiger partial charge is 0.343 e. The average molecular weight is 249 g/mol. The number of ether oxygens (including phenoxy) is 1. The third kappa shape index (κ3) is 3.24. The van der Waals surface area contributed by atoms with E-state index >= 15 is 0 Å². The molecular weight excluding hydrogens is 238 g/mol. The summed E-state index contributed by atoms with van der Waals surface area (Å²) in [7, 11) is 0. The van der Waals surface area contributed by atoms with Crippen LogP contribution in [0.15, 0.2) is 36.1 Å². The number of carbonyl (C=O) groups excluding carboxylic acids is 2. The van der Waals surface area contributed by atoms with Crippen LogP contribution in [0.3, 0.4) is 0 Å². The second-order valence-corrected chi connectivity index (χ2v) is 3.40. The predicted molar refractivity (Wildman–Crippen MR) is 62.9 cm³/mol. The number of esters is 1. The molecule has 0 saturated heterocycles. The summed E-state index contributed by atoms with van der Waals surface area (Å²) in [4.78, 5) is 32.5. The zero-order valence-electron chi connectivity index (χ0n) is 9.88. The van der Waals surface area contributed by atoms with Crippen LogP contribution in [0.4, 0.5) is 5.69 Å². The molecule has 0 atom stereocenters. The molecule has 0 aliphatic carbocycles. The molecule has 94 valence electrons. The van der Waals surface area contributed by atoms with E-state index in [1.807, 2.05) is 0 Å². The molecule has 18 heavy (non-hydrogen) atoms. The standard InChI is InChI=1S/C12H11NO5/c1-3-11(8(2)14)18-12(15)9-4-6-10(7-5-9)13(16)17/h3-7H,1-2H3/b11-3-. The Hall–Kier alpha value is -2.50. The zero-order valence-corrected chi connectivity index (χ0v) is 9.88. The number of non-ortho nitro benzene ring substituents is 1. The monoisotopic (exact) mass is 249 g/mol. The van der Waals surface area contributed by atoms with Crippen molar-refractivity contribution in [1.29, 1.82) is 0 Å². The van der Waals surface area contributed by atoms with Crippen molar-refractivity contribution >= 4 is 17.4 Å². The summed E-state index contributed by atoms with van der Waals surface area (Å²) < 4.78 is 4.85. The van der Waals surface area contributed by atoms with E-state index in [4.69, 9.17) is 4.74 Å². The first-order valence-corrected chi connectivity index (χ1v) is 5.09. The Morgan fingerprint density at radius 2 is 1.83 bits per heavy atom. The van der Waals surface area contributed by atoms with Crippen molar-refractivity contribution in [2.24, 2.45) is 0 Å². The maximum absolute atomic E-state index is 11.6. The molecule has 0 aromatic heterocycles. The topological polar surface area (TPSA) is 86.5 Å². The summed E-state index contributed by atoms with van der Waals surface area (Å²) in [5, 5.41) is 10.4. The van der Waals surface area contributed by atoms with Gasteiger partial charge in [0.25, 0.3) is 5.69 Å². The fourth-order valence-corrected chi connectivity index (χ4v) is 1.21. The number of allylic oxidation sites excluding steroid dienone is 2. The lowest BCUT2D eigenvalue weighted by Crippen LogP contribution is -2.09. The largest absolute Gasteiger partial charge is 0.419 e. The highest BCUT2D eigenvalue weighted by Crippen LogP contribution is 2.14. The summed E-state index contributed by atoms with van der Waals surface area (Å²) >= 11 is 0. The third-order valence-electron chi connectivity index (χ3n) is 2.13. The highest BCUT2D eigenvalue weighted by Gasteiger charge is 2.14. The Kier molecular flexibility index (Phi) is 4.31. The molecule has 0 aliphatic rings. The van der Waals surface area contributed by atoms with E-state index in [2.05, 4.69) is 0 Å². The van der Waals surface area contributed by atoms with Crippen LogP contribution in [-0.4, -0.2) is 16.7 Å². The van der Waals surface area contributed by atoms with Crippen molar-refractivity contribution in [2.75, 3.05) is 0 Å². The number of hydrogen-bond donors (Lipinski definition) is 0. The fourth-order valence-electron chi connectivity index (χ4n) is 1.21. The summed E-state index contributed by atoms with van der Waals surface area (Å²) in [5.74, 6) is -1.15. The molecule has 0 saturated carbocycles. The quantitative estimate of drug-likeness (QED) is 0.268. The van der Waals surface area contributed by atoms with E-state index in [1.165, 1.54) is 37.3 Å². The molecule has 1 aromatic carbocycles. The molecule has 0 heterocycles. The first-order valence-electron chi connectivity index (χ1n) is 5.09. The molecule has 0 unspecified atom stereocenters. The van der Waals surface area contributed by atoms with Gasteiger partial charge in [0.05, 0.1) is 10.5 Å². The van der Waals surface area contributed by atoms with Crippen molar-refractivity contribution in [3.8, 4) is 0 Å². The molecule has 6 nitrogen and oxygen atoms in total. The van der Waals surface area contributed by atoms with Gasteiger partial charge < -0.3 is 4.74 Å². The Morgan fingerprint density at radius 3 is 2.22 bits per heavy atom. The molecular formula is C12H11NO5. The Bertz CT molecular complexity index is 516. The highest BCUT2D eigenvalue weighted by atomic mass is 16.6. The number of nitro benzene ring substituents is 1. The van der Waals surface area contributed by atoms with Gasteiger partial charge in [-0.05, 0) is 25.1 Å². The van der Waals surface area contributed by atoms with Crippen LogP contribution in [0.2, 0.25) is 0 Å². The molecule has 0 aliphatic heterocycles. The number of nitro groups is 1. The summed E-state index contributed by atoms with van der Waals surface area (Å²) in [6, 6.07) is 4.93. The van der Waals surface area contributed by atoms with Crippen LogP contribution < -0.4 is 0 Å². The Balaban J connectivity index is 2.85. The van der Waals surface area contributed by atoms with Crippen molar-refractivity contribution in [2.45, 2.75) is 13.8 Å². The number of benzene rings is 1. The normalized spacial score (nSPS) is 10.9. The average Bonchev–Trinajstić information content (AvgIpc) is 2.35. The molecule has 0 radical (unpaired) electrons. The van der Waals surface area contributed by atoms with Crippen molar-refractivity contribution in [3.63, 3.8) is 0 Å². The predicted octanol–water partition coefficient (Wildman–Crippen LogP) is 2.24. The summed E-state index contributed by atoms with van der Waals surface area (Å²) in [6.07, 6.45) is 1.38. The van der Waals surface area contributed by atoms with Crippen LogP contribution in [0.1, 0.15) is 24.2 Å². The number of carbonyl (C=O) groups is 2. The van der Waals surface area contributed by atoms with Gasteiger partial charge in [0.1, 0.15) is 0 Å². The maximum atomic E-state index is 11.6. The van der Waals surface area contributed by atoms with E-state index in [1.54, 1.807) is 6.92 Å². The Morgan fingerprint density at radius 1 is 1.28 bits per heavy atom. The first kappa shape index (κ1) is 13.6. The SMILES string of the molecule is C/C=C(\OC(=O)c1ccc([N+](=O)[O-])cc1)C(C)=O. The Labute approximate surface area is 103 Å². The minimum Gasteiger partial charge on any atom is -0.419 e. The van der Waals surface area contributed by atoms with Gasteiger partial charge in [-0.15, -0.1) is 0 Å². The van der Waals surface area contributed by atoms with Crippen molar-refractivity contribution in [1.82, 2.24) is 0 Å². The van der Waals surface area contributed by atoms with Gasteiger partial charge in [0.15, 0.2) is 11.5 Å². The van der Waals surface area contributed by atoms with E-state index < -0.39 is 10.9 Å². The van der Waals surface area contributed by atoms with Gasteiger partial charge in [0.2, 0.25) is 0 Å². The zero-order chi connectivity index (χ0) is 13.7. The van der Waals surface area contributed by atoms with Gasteiger partial charge in [0, 0.05) is 19.1 Å². The van der Waals surface area contributed by atoms with Gasteiger partial charge >= 0.3 is 5.97 Å². The molecule has 1 aromatic rings. The number of Topliss-reactive ketones (excluding diaryl/α,β-unsaturated/α-hetero) is 1. The molecule has 1 rings (SSSR count). The summed E-state index contributed by atoms with van der Waals surface area (Å²) in [6.45, 7) is 2.85. The molecule has 0 spiro atoms. The summed E-state index contributed by atoms with van der Waals surface area (Å²) in [5.41, 5.74) is 0.0191. The van der Waals surface area contributed by atoms with Crippen LogP contribution in [0.5, 0.6) is 0 Å². The van der Waals surface area contributed by atoms with Crippen LogP contribution in [0.25, 0.3) is 0 Å². The third-order valence-corrected chi connectivity index (χ3v) is 2.13. The molecule has 0 N–H and O–H groups in total. The van der Waals surface area contributed by atoms with Gasteiger partial charge in [-0.25, -0.2) is 4.79 Å². The maximum Gasteiger partial charge on any atom is 0.343 e. The minimum absolute atomic E-state index is 0.0571. The van der Waals surface area contributed by atoms with Crippen molar-refractivity contribution in [3.05, 3.63) is 51.8 Å². The number of hydrogen-bond acceptors (Lipinski definition) is 5. The minimum atomic E-state index is -0.729. The lowest BCUT2D eigenvalue weighted by atomic mass is 10.2. The molecule has 6 heteroatoms. The van der Waals surface area contributed by atoms with Crippen LogP contribution in [-0.2, 0) is 9.53 Å². The molecule has 0 amide bonds. The van der Waals surface area contributed by atoms with Gasteiger partial charge in [-0.1, -0.05) is 0 Å². The van der Waals surface area contributed by atoms with E-state index in [0.29, 0.717) is 0 Å². The first-order chi connectivity index (χ1) is 8.45. The van der Waals surface area contributed by atoms with E-state index in [-0.39, 0.29) is 22.8 Å². The lowest BCUT2D eigenvalue weighted by molar-refractivity contribution is -0.384. The number of rotatable bonds is 4. The van der Waals surface area contributed by atoms with Crippen LogP contribution in [0, 0.1) is 10.1 Å². The number of ketones is 1. The second-order valence-electron chi connectivity index (χ2n) is 3.40. The van der Waals surface area contributed by atoms with E-state index in [9.17, 15) is 19.7 Å². The van der Waals surface area contributed by atoms with Gasteiger partial charge in [-0.3, -0.25) is 14.9 Å². The van der Waals surface area contributed by atoms with Gasteiger partial charge in [-0.2, -0.15) is 0 Å². The number of nitrogens with zero attached hydrogens (tertiary/aromatic N) is 1. The van der Waals surface area contributed by atoms with Crippen LogP contribution >= 0.6 is 0 Å². The second kappa shape index (κ2) is 5.72. The molecule has 0 bridgehead atoms. The van der Waals surface area contributed by atoms with Crippen molar-refractivity contribution < 1.29 is 19.2 Å². The fraction of sp³-hybridized carbons (Fsp3) is 0.167. The lowest BCUT2D eigenvalue weighted by Gasteiger charge is -2.04.